The summed E-state index contributed by atoms with van der Waals surface area (Å²) in [5.74, 6) is 0.119. The highest BCUT2D eigenvalue weighted by atomic mass is 19.4. The Labute approximate surface area is 272 Å². The molecule has 10 heteroatoms. The molecule has 0 spiro atoms. The number of rotatable bonds is 12. The third-order valence-electron chi connectivity index (χ3n) is 8.40. The van der Waals surface area contributed by atoms with Gasteiger partial charge in [0.2, 0.25) is 0 Å². The van der Waals surface area contributed by atoms with Crippen molar-refractivity contribution < 1.29 is 32.6 Å². The van der Waals surface area contributed by atoms with Crippen LogP contribution in [0.2, 0.25) is 0 Å². The first-order chi connectivity index (χ1) is 22.6. The Hall–Kier alpha value is -4.67. The molecule has 0 aromatic heterocycles. The van der Waals surface area contributed by atoms with Crippen LogP contribution in [0.1, 0.15) is 61.9 Å². The first kappa shape index (κ1) is 33.7. The van der Waals surface area contributed by atoms with E-state index in [1.807, 2.05) is 59.5 Å². The Morgan fingerprint density at radius 1 is 0.915 bits per heavy atom. The van der Waals surface area contributed by atoms with Gasteiger partial charge in [0.05, 0.1) is 30.9 Å². The van der Waals surface area contributed by atoms with Gasteiger partial charge in [-0.15, -0.1) is 0 Å². The lowest BCUT2D eigenvalue weighted by molar-refractivity contribution is -0.137. The van der Waals surface area contributed by atoms with E-state index in [0.717, 1.165) is 41.9 Å². The first-order valence-electron chi connectivity index (χ1n) is 15.6. The lowest BCUT2D eigenvalue weighted by Crippen LogP contribution is -2.48. The highest BCUT2D eigenvalue weighted by Gasteiger charge is 2.32. The van der Waals surface area contributed by atoms with Gasteiger partial charge < -0.3 is 25.4 Å². The van der Waals surface area contributed by atoms with Crippen LogP contribution in [0.25, 0.3) is 0 Å². The second kappa shape index (κ2) is 15.3. The number of nitrogens with one attached hydrogen (secondary N) is 2. The van der Waals surface area contributed by atoms with Crippen molar-refractivity contribution in [3.8, 4) is 5.75 Å². The minimum absolute atomic E-state index is 0.0221. The minimum atomic E-state index is -4.45. The summed E-state index contributed by atoms with van der Waals surface area (Å²) in [6.07, 6.45) is -3.50. The fourth-order valence-electron chi connectivity index (χ4n) is 5.91. The largest absolute Gasteiger partial charge is 0.497 e. The summed E-state index contributed by atoms with van der Waals surface area (Å²) in [4.78, 5) is 29.0. The van der Waals surface area contributed by atoms with Crippen LogP contribution in [0.15, 0.2) is 103 Å². The molecule has 1 aliphatic rings. The summed E-state index contributed by atoms with van der Waals surface area (Å²) >= 11 is 0. The molecule has 1 heterocycles. The molecule has 7 nitrogen and oxygen atoms in total. The van der Waals surface area contributed by atoms with Gasteiger partial charge in [-0.2, -0.15) is 13.2 Å². The lowest BCUT2D eigenvalue weighted by atomic mass is 10.00. The molecule has 3 atom stereocenters. The Kier molecular flexibility index (Phi) is 11.0. The lowest BCUT2D eigenvalue weighted by Gasteiger charge is -2.26. The van der Waals surface area contributed by atoms with Crippen LogP contribution in [0.5, 0.6) is 5.75 Å². The summed E-state index contributed by atoms with van der Waals surface area (Å²) in [7, 11) is 1.61. The summed E-state index contributed by atoms with van der Waals surface area (Å²) in [6, 6.07) is 27.8. The quantitative estimate of drug-likeness (QED) is 0.171. The average Bonchev–Trinajstić information content (AvgIpc) is 3.58. The number of hydrogen-bond acceptors (Lipinski definition) is 5. The number of benzene rings is 4. The van der Waals surface area contributed by atoms with Crippen molar-refractivity contribution in [3.05, 3.63) is 137 Å². The molecule has 3 N–H and O–H groups in total. The molecular formula is C37H38F3N3O4. The molecule has 246 valence electrons. The summed E-state index contributed by atoms with van der Waals surface area (Å²) in [5, 5.41) is 17.1. The summed E-state index contributed by atoms with van der Waals surface area (Å²) in [5.41, 5.74) is 2.25. The highest BCUT2D eigenvalue weighted by molar-refractivity contribution is 6.00. The number of likely N-dealkylation sites (tertiary alicyclic amines) is 1. The van der Waals surface area contributed by atoms with Gasteiger partial charge in [-0.25, -0.2) is 0 Å². The Morgan fingerprint density at radius 2 is 1.62 bits per heavy atom. The summed E-state index contributed by atoms with van der Waals surface area (Å²) < 4.78 is 44.6. The molecule has 0 aliphatic carbocycles. The maximum absolute atomic E-state index is 13.7. The van der Waals surface area contributed by atoms with Gasteiger partial charge in [-0.05, 0) is 72.4 Å². The van der Waals surface area contributed by atoms with Crippen LogP contribution in [0.3, 0.4) is 0 Å². The standard InChI is InChI=1S/C37H38F3N3O4/c1-47-31-17-15-27(16-18-31)33-14-7-19-43(33)36(46)29-12-6-11-28(22-29)35(45)42-32(21-25-8-3-2-4-9-25)34(44)24-41-23-26-10-5-13-30(20-26)37(38,39)40/h2-6,8-13,15-18,20,22,32-34,41,44H,7,14,19,21,23-24H2,1H3,(H,42,45). The number of alkyl halides is 3. The van der Waals surface area contributed by atoms with Crippen LogP contribution in [0, 0.1) is 0 Å². The predicted octanol–water partition coefficient (Wildman–Crippen LogP) is 6.18. The van der Waals surface area contributed by atoms with E-state index in [1.54, 1.807) is 37.4 Å². The number of methoxy groups -OCH3 is 1. The Balaban J connectivity index is 1.27. The molecule has 0 radical (unpaired) electrons. The number of carbonyl (C=O) groups is 2. The highest BCUT2D eigenvalue weighted by Crippen LogP contribution is 2.34. The van der Waals surface area contributed by atoms with Gasteiger partial charge in [0.25, 0.3) is 11.8 Å². The van der Waals surface area contributed by atoms with E-state index in [0.29, 0.717) is 24.1 Å². The molecule has 4 aromatic rings. The van der Waals surface area contributed by atoms with Crippen molar-refractivity contribution >= 4 is 11.8 Å². The van der Waals surface area contributed by atoms with Crippen LogP contribution >= 0.6 is 0 Å². The minimum Gasteiger partial charge on any atom is -0.497 e. The van der Waals surface area contributed by atoms with Crippen molar-refractivity contribution in [2.45, 2.75) is 50.2 Å². The number of hydrogen-bond donors (Lipinski definition) is 3. The average molecular weight is 646 g/mol. The molecule has 1 aliphatic heterocycles. The number of nitrogens with zero attached hydrogens (tertiary/aromatic N) is 1. The monoisotopic (exact) mass is 645 g/mol. The van der Waals surface area contributed by atoms with Crippen LogP contribution in [-0.2, 0) is 19.1 Å². The molecule has 4 aromatic carbocycles. The fraction of sp³-hybridized carbons (Fsp3) is 0.297. The van der Waals surface area contributed by atoms with Gasteiger partial charge in [-0.1, -0.05) is 66.7 Å². The molecule has 3 unspecified atom stereocenters. The van der Waals surface area contributed by atoms with Crippen molar-refractivity contribution in [2.75, 3.05) is 20.2 Å². The summed E-state index contributed by atoms with van der Waals surface area (Å²) in [6.45, 7) is 0.726. The van der Waals surface area contributed by atoms with E-state index >= 15 is 0 Å². The smallest absolute Gasteiger partial charge is 0.416 e. The Bertz CT molecular complexity index is 1650. The van der Waals surface area contributed by atoms with E-state index in [2.05, 4.69) is 10.6 Å². The van der Waals surface area contributed by atoms with E-state index in [-0.39, 0.29) is 30.6 Å². The van der Waals surface area contributed by atoms with Crippen LogP contribution in [0.4, 0.5) is 13.2 Å². The third-order valence-corrected chi connectivity index (χ3v) is 8.40. The number of aliphatic hydroxyl groups excluding tert-OH is 1. The molecule has 0 bridgehead atoms. The van der Waals surface area contributed by atoms with Gasteiger partial charge in [0.15, 0.2) is 0 Å². The number of carbonyl (C=O) groups excluding carboxylic acids is 2. The van der Waals surface area contributed by atoms with Gasteiger partial charge in [0, 0.05) is 30.8 Å². The normalized spacial score (nSPS) is 16.0. The second-order valence-corrected chi connectivity index (χ2v) is 11.7. The molecule has 1 fully saturated rings. The predicted molar refractivity (Wildman–Crippen MR) is 173 cm³/mol. The van der Waals surface area contributed by atoms with Crippen molar-refractivity contribution in [1.29, 1.82) is 0 Å². The van der Waals surface area contributed by atoms with Crippen LogP contribution in [-0.4, -0.2) is 54.2 Å². The van der Waals surface area contributed by atoms with Gasteiger partial charge in [-0.3, -0.25) is 9.59 Å². The Morgan fingerprint density at radius 3 is 2.34 bits per heavy atom. The third kappa shape index (κ3) is 8.78. The van der Waals surface area contributed by atoms with Crippen molar-refractivity contribution in [2.24, 2.45) is 0 Å². The zero-order chi connectivity index (χ0) is 33.4. The second-order valence-electron chi connectivity index (χ2n) is 11.7. The molecule has 1 saturated heterocycles. The number of halogens is 3. The van der Waals surface area contributed by atoms with Crippen molar-refractivity contribution in [3.63, 3.8) is 0 Å². The van der Waals surface area contributed by atoms with E-state index < -0.39 is 29.8 Å². The molecule has 2 amide bonds. The van der Waals surface area contributed by atoms with E-state index in [1.165, 1.54) is 6.07 Å². The van der Waals surface area contributed by atoms with Crippen molar-refractivity contribution in [1.82, 2.24) is 15.5 Å². The van der Waals surface area contributed by atoms with E-state index in [4.69, 9.17) is 4.74 Å². The molecular weight excluding hydrogens is 607 g/mol. The maximum Gasteiger partial charge on any atom is 0.416 e. The zero-order valence-electron chi connectivity index (χ0n) is 26.0. The molecule has 0 saturated carbocycles. The van der Waals surface area contributed by atoms with Gasteiger partial charge in [0.1, 0.15) is 5.75 Å². The van der Waals surface area contributed by atoms with Crippen LogP contribution < -0.4 is 15.4 Å². The van der Waals surface area contributed by atoms with E-state index in [9.17, 15) is 27.9 Å². The topological polar surface area (TPSA) is 90.9 Å². The fourth-order valence-corrected chi connectivity index (χ4v) is 5.91. The SMILES string of the molecule is COc1ccc(C2CCCN2C(=O)c2cccc(C(=O)NC(Cc3ccccc3)C(O)CNCc3cccc(C(F)(F)F)c3)c2)cc1. The molecule has 47 heavy (non-hydrogen) atoms. The molecule has 5 rings (SSSR count). The first-order valence-corrected chi connectivity index (χ1v) is 15.6. The number of aliphatic hydroxyl groups is 1. The maximum atomic E-state index is 13.7. The number of ether oxygens (including phenoxy) is 1. The van der Waals surface area contributed by atoms with Gasteiger partial charge >= 0.3 is 6.18 Å². The number of amides is 2. The zero-order valence-corrected chi connectivity index (χ0v) is 26.0.